The first kappa shape index (κ1) is 36.1. The van der Waals surface area contributed by atoms with Crippen LogP contribution in [0.5, 0.6) is 0 Å². The molecule has 0 saturated carbocycles. The van der Waals surface area contributed by atoms with Gasteiger partial charge in [0.05, 0.1) is 59.3 Å². The lowest BCUT2D eigenvalue weighted by Gasteiger charge is -2.14. The van der Waals surface area contributed by atoms with Crippen LogP contribution in [0, 0.1) is 38.0 Å². The highest BCUT2D eigenvalue weighted by Crippen LogP contribution is 2.30. The molecule has 0 spiro atoms. The van der Waals surface area contributed by atoms with Crippen molar-refractivity contribution in [2.75, 3.05) is 13.6 Å². The molecule has 11 nitrogen and oxygen atoms in total. The molecule has 0 saturated heterocycles. The summed E-state index contributed by atoms with van der Waals surface area (Å²) in [5.74, 6) is 8.21. The molecule has 0 radical (unpaired) electrons. The summed E-state index contributed by atoms with van der Waals surface area (Å²) < 4.78 is 14.7. The largest absolute Gasteiger partial charge is 0.434 e. The summed E-state index contributed by atoms with van der Waals surface area (Å²) in [6.45, 7) is 5.89. The van der Waals surface area contributed by atoms with Gasteiger partial charge in [0.1, 0.15) is 12.9 Å². The molecule has 0 amide bonds. The van der Waals surface area contributed by atoms with E-state index in [-0.39, 0.29) is 32.4 Å². The van der Waals surface area contributed by atoms with Gasteiger partial charge >= 0.3 is 5.97 Å². The van der Waals surface area contributed by atoms with Crippen LogP contribution in [-0.2, 0) is 38.9 Å². The molecule has 8 rings (SSSR count). The average Bonchev–Trinajstić information content (AvgIpc) is 3.74. The molecule has 0 fully saturated rings. The number of ether oxygens (including phenoxy) is 2. The van der Waals surface area contributed by atoms with Crippen LogP contribution >= 0.6 is 0 Å². The topological polar surface area (TPSA) is 114 Å². The Balaban J connectivity index is 0.903. The third-order valence-corrected chi connectivity index (χ3v) is 9.73. The van der Waals surface area contributed by atoms with Crippen molar-refractivity contribution in [1.82, 2.24) is 19.1 Å². The number of esters is 1. The first-order valence-electron chi connectivity index (χ1n) is 18.0. The summed E-state index contributed by atoms with van der Waals surface area (Å²) in [6, 6.07) is 28.0. The lowest BCUT2D eigenvalue weighted by atomic mass is 9.95. The van der Waals surface area contributed by atoms with Crippen LogP contribution in [0.25, 0.3) is 11.4 Å². The minimum atomic E-state index is -0.656. The zero-order chi connectivity index (χ0) is 38.6. The van der Waals surface area contributed by atoms with Crippen molar-refractivity contribution in [3.8, 4) is 35.6 Å². The highest BCUT2D eigenvalue weighted by Gasteiger charge is 2.27. The standard InChI is InChI=1S/C45H36N6O5/c1-5-11-32-17-19-38-36(21-32)43(34-15-10-8-13-30(34)4)46-22-40-37(48-25-50(38)40)24-55-56-28-53-27-54-45(52)44-41-23-47-42(33-14-9-7-12-29(33)3)35-20-31(6-2)16-18-39(35)51(41)26-49-44/h2,7-10,12-21,25-26H,22-24,27-28H2,1,3-4H3. The van der Waals surface area contributed by atoms with Crippen LogP contribution in [0.15, 0.2) is 108 Å². The molecule has 2 aliphatic rings. The zero-order valence-electron chi connectivity index (χ0n) is 31.1. The molecule has 0 atom stereocenters. The number of aryl methyl sites for hydroxylation is 2. The summed E-state index contributed by atoms with van der Waals surface area (Å²) in [5, 5.41) is 0. The van der Waals surface area contributed by atoms with Crippen LogP contribution in [-0.4, -0.2) is 50.1 Å². The fraction of sp³-hybridized carbons (Fsp3) is 0.178. The second-order valence-electron chi connectivity index (χ2n) is 13.1. The van der Waals surface area contributed by atoms with E-state index in [4.69, 9.17) is 35.7 Å². The Morgan fingerprint density at radius 2 is 1.34 bits per heavy atom. The number of fused-ring (bicyclic) bond motifs is 6. The molecule has 4 aromatic carbocycles. The van der Waals surface area contributed by atoms with E-state index in [1.54, 1.807) is 12.7 Å². The molecular formula is C45H36N6O5. The fourth-order valence-electron chi connectivity index (χ4n) is 6.97. The zero-order valence-corrected chi connectivity index (χ0v) is 31.1. The lowest BCUT2D eigenvalue weighted by Crippen LogP contribution is -2.13. The van der Waals surface area contributed by atoms with Gasteiger partial charge < -0.3 is 14.0 Å². The molecule has 11 heteroatoms. The summed E-state index contributed by atoms with van der Waals surface area (Å²) in [7, 11) is 0. The van der Waals surface area contributed by atoms with E-state index < -0.39 is 5.97 Å². The second kappa shape index (κ2) is 15.8. The maximum atomic E-state index is 13.2. The maximum absolute atomic E-state index is 13.2. The van der Waals surface area contributed by atoms with E-state index in [0.29, 0.717) is 17.9 Å². The minimum Gasteiger partial charge on any atom is -0.434 e. The lowest BCUT2D eigenvalue weighted by molar-refractivity contribution is -0.350. The number of carbonyl (C=O) groups is 1. The van der Waals surface area contributed by atoms with Gasteiger partial charge in [-0.15, -0.1) is 12.3 Å². The van der Waals surface area contributed by atoms with Crippen molar-refractivity contribution in [1.29, 1.82) is 0 Å². The monoisotopic (exact) mass is 740 g/mol. The van der Waals surface area contributed by atoms with Crippen LogP contribution < -0.4 is 0 Å². The quantitative estimate of drug-likeness (QED) is 0.0373. The van der Waals surface area contributed by atoms with Crippen molar-refractivity contribution in [3.05, 3.63) is 165 Å². The molecule has 0 bridgehead atoms. The molecule has 276 valence electrons. The summed E-state index contributed by atoms with van der Waals surface area (Å²) >= 11 is 0. The number of aromatic nitrogens is 4. The molecule has 2 aliphatic heterocycles. The fourth-order valence-corrected chi connectivity index (χ4v) is 6.97. The molecule has 0 N–H and O–H groups in total. The number of nitrogens with zero attached hydrogens (tertiary/aromatic N) is 6. The second-order valence-corrected chi connectivity index (χ2v) is 13.1. The van der Waals surface area contributed by atoms with Gasteiger partial charge in [-0.3, -0.25) is 14.6 Å². The SMILES string of the molecule is C#Cc1ccc2c(c1)C(c1ccccc1C)=NCc1c(C(=O)OCOCOOCc3ncn4c3CN=C(c3ccccc3C)c3cc(C#CC)ccc3-4)ncn1-2. The number of carbonyl (C=O) groups excluding carboxylic acids is 1. The Morgan fingerprint density at radius 1 is 0.732 bits per heavy atom. The highest BCUT2D eigenvalue weighted by atomic mass is 17.2. The average molecular weight is 741 g/mol. The number of imidazole rings is 2. The third-order valence-electron chi connectivity index (χ3n) is 9.73. The van der Waals surface area contributed by atoms with Crippen molar-refractivity contribution >= 4 is 17.4 Å². The molecule has 2 aromatic heterocycles. The van der Waals surface area contributed by atoms with Gasteiger partial charge in [-0.2, -0.15) is 0 Å². The maximum Gasteiger partial charge on any atom is 0.361 e. The summed E-state index contributed by atoms with van der Waals surface area (Å²) in [6.07, 6.45) is 9.11. The summed E-state index contributed by atoms with van der Waals surface area (Å²) in [5.41, 5.74) is 13.4. The summed E-state index contributed by atoms with van der Waals surface area (Å²) in [4.78, 5) is 43.0. The number of rotatable bonds is 10. The van der Waals surface area contributed by atoms with E-state index in [0.717, 1.165) is 73.0 Å². The van der Waals surface area contributed by atoms with E-state index in [1.807, 2.05) is 89.7 Å². The van der Waals surface area contributed by atoms with Gasteiger partial charge in [-0.05, 0) is 68.3 Å². The Morgan fingerprint density at radius 3 is 2.00 bits per heavy atom. The Kier molecular flexibility index (Phi) is 10.2. The van der Waals surface area contributed by atoms with Gasteiger partial charge in [-0.1, -0.05) is 60.4 Å². The smallest absolute Gasteiger partial charge is 0.361 e. The molecule has 6 aromatic rings. The van der Waals surface area contributed by atoms with Crippen LogP contribution in [0.1, 0.15) is 79.0 Å². The van der Waals surface area contributed by atoms with Crippen molar-refractivity contribution < 1.29 is 24.0 Å². The highest BCUT2D eigenvalue weighted by molar-refractivity contribution is 6.17. The first-order valence-corrected chi connectivity index (χ1v) is 18.0. The van der Waals surface area contributed by atoms with Gasteiger partial charge in [0.2, 0.25) is 0 Å². The normalized spacial score (nSPS) is 12.6. The first-order chi connectivity index (χ1) is 27.4. The van der Waals surface area contributed by atoms with E-state index in [1.165, 1.54) is 0 Å². The van der Waals surface area contributed by atoms with Gasteiger partial charge in [0.25, 0.3) is 0 Å². The molecular weight excluding hydrogens is 705 g/mol. The number of hydrogen-bond donors (Lipinski definition) is 0. The predicted molar refractivity (Wildman–Crippen MR) is 211 cm³/mol. The van der Waals surface area contributed by atoms with Gasteiger partial charge in [0.15, 0.2) is 19.3 Å². The molecule has 0 unspecified atom stereocenters. The van der Waals surface area contributed by atoms with E-state index >= 15 is 0 Å². The van der Waals surface area contributed by atoms with Crippen LogP contribution in [0.2, 0.25) is 0 Å². The Labute approximate surface area is 324 Å². The van der Waals surface area contributed by atoms with Crippen molar-refractivity contribution in [3.63, 3.8) is 0 Å². The minimum absolute atomic E-state index is 0.0472. The Hall–Kier alpha value is -6.89. The van der Waals surface area contributed by atoms with Crippen LogP contribution in [0.4, 0.5) is 0 Å². The van der Waals surface area contributed by atoms with Crippen LogP contribution in [0.3, 0.4) is 0 Å². The number of terminal acetylenes is 1. The third kappa shape index (κ3) is 6.94. The van der Waals surface area contributed by atoms with E-state index in [9.17, 15) is 4.79 Å². The van der Waals surface area contributed by atoms with Gasteiger partial charge in [-0.25, -0.2) is 24.5 Å². The molecule has 0 aliphatic carbocycles. The van der Waals surface area contributed by atoms with Gasteiger partial charge in [0, 0.05) is 33.4 Å². The molecule has 56 heavy (non-hydrogen) atoms. The molecule has 4 heterocycles. The number of aliphatic imine (C=N–C) groups is 2. The van der Waals surface area contributed by atoms with Crippen molar-refractivity contribution in [2.45, 2.75) is 40.5 Å². The Bertz CT molecular complexity index is 2670. The van der Waals surface area contributed by atoms with Crippen molar-refractivity contribution in [2.24, 2.45) is 9.98 Å². The number of hydrogen-bond acceptors (Lipinski definition) is 9. The number of benzene rings is 4. The predicted octanol–water partition coefficient (Wildman–Crippen LogP) is 6.97. The van der Waals surface area contributed by atoms with E-state index in [2.05, 4.69) is 52.9 Å².